The van der Waals surface area contributed by atoms with E-state index in [1.165, 1.54) is 0 Å². The molecule has 2 aromatic rings. The molecule has 3 amide bonds. The molecule has 0 aromatic heterocycles. The topological polar surface area (TPSA) is 73.0 Å². The lowest BCUT2D eigenvalue weighted by Gasteiger charge is -2.32. The maximum Gasteiger partial charge on any atom is 0.255 e. The van der Waals surface area contributed by atoms with E-state index in [-0.39, 0.29) is 11.8 Å². The van der Waals surface area contributed by atoms with Gasteiger partial charge in [-0.15, -0.1) is 0 Å². The molecule has 0 spiro atoms. The van der Waals surface area contributed by atoms with Gasteiger partial charge in [0.2, 0.25) is 6.41 Å². The summed E-state index contributed by atoms with van der Waals surface area (Å²) in [6.07, 6.45) is 0.809. The van der Waals surface area contributed by atoms with E-state index in [0.717, 1.165) is 12.1 Å². The van der Waals surface area contributed by atoms with Gasteiger partial charge in [-0.2, -0.15) is 0 Å². The molecule has 146 valence electrons. The van der Waals surface area contributed by atoms with Crippen LogP contribution in [0.25, 0.3) is 0 Å². The average Bonchev–Trinajstić information content (AvgIpc) is 2.73. The maximum atomic E-state index is 12.6. The first-order chi connectivity index (χ1) is 13.5. The van der Waals surface area contributed by atoms with Crippen LogP contribution in [0.1, 0.15) is 20.7 Å². The van der Waals surface area contributed by atoms with Crippen LogP contribution in [-0.4, -0.2) is 68.3 Å². The second kappa shape index (κ2) is 8.56. The van der Waals surface area contributed by atoms with Crippen LogP contribution in [0.3, 0.4) is 0 Å². The number of nitrogens with zero attached hydrogens (tertiary/aromatic N) is 3. The Morgan fingerprint density at radius 2 is 1.46 bits per heavy atom. The van der Waals surface area contributed by atoms with Gasteiger partial charge in [-0.3, -0.25) is 14.4 Å². The number of hydrogen-bond donors (Lipinski definition) is 1. The summed E-state index contributed by atoms with van der Waals surface area (Å²) in [7, 11) is 3.91. The molecule has 7 heteroatoms. The quantitative estimate of drug-likeness (QED) is 0.805. The van der Waals surface area contributed by atoms with Gasteiger partial charge in [0.05, 0.1) is 0 Å². The van der Waals surface area contributed by atoms with Crippen LogP contribution in [0.5, 0.6) is 0 Å². The molecule has 7 nitrogen and oxygen atoms in total. The number of benzene rings is 2. The third-order valence-corrected chi connectivity index (χ3v) is 4.79. The highest BCUT2D eigenvalue weighted by Crippen LogP contribution is 2.17. The number of amides is 3. The highest BCUT2D eigenvalue weighted by atomic mass is 16.2. The van der Waals surface area contributed by atoms with E-state index in [2.05, 4.69) is 5.32 Å². The molecule has 1 aliphatic rings. The smallest absolute Gasteiger partial charge is 0.255 e. The summed E-state index contributed by atoms with van der Waals surface area (Å²) in [5.74, 6) is -0.312. The van der Waals surface area contributed by atoms with Gasteiger partial charge in [0, 0.05) is 62.8 Å². The van der Waals surface area contributed by atoms with Gasteiger partial charge in [0.15, 0.2) is 0 Å². The van der Waals surface area contributed by atoms with Gasteiger partial charge in [0.1, 0.15) is 0 Å². The SMILES string of the molecule is CN(C)c1ccc(NC(=O)c2ccc(C(=O)N3CCN(C=O)CC3)cc2)cc1. The van der Waals surface area contributed by atoms with Crippen LogP contribution in [0.4, 0.5) is 11.4 Å². The van der Waals surface area contributed by atoms with Crippen molar-refractivity contribution in [2.75, 3.05) is 50.5 Å². The zero-order valence-electron chi connectivity index (χ0n) is 16.1. The predicted molar refractivity (Wildman–Crippen MR) is 109 cm³/mol. The van der Waals surface area contributed by atoms with Crippen molar-refractivity contribution in [3.63, 3.8) is 0 Å². The maximum absolute atomic E-state index is 12.6. The van der Waals surface area contributed by atoms with Gasteiger partial charge in [-0.25, -0.2) is 0 Å². The summed E-state index contributed by atoms with van der Waals surface area (Å²) in [4.78, 5) is 41.1. The number of carbonyl (C=O) groups is 3. The molecule has 0 radical (unpaired) electrons. The molecular weight excluding hydrogens is 356 g/mol. The number of hydrogen-bond acceptors (Lipinski definition) is 4. The molecular formula is C21H24N4O3. The summed E-state index contributed by atoms with van der Waals surface area (Å²) in [5.41, 5.74) is 2.78. The van der Waals surface area contributed by atoms with Crippen LogP contribution >= 0.6 is 0 Å². The number of carbonyl (C=O) groups excluding carboxylic acids is 3. The summed E-state index contributed by atoms with van der Waals surface area (Å²) in [6.45, 7) is 2.12. The molecule has 0 bridgehead atoms. The van der Waals surface area contributed by atoms with E-state index in [1.54, 1.807) is 34.1 Å². The van der Waals surface area contributed by atoms with E-state index >= 15 is 0 Å². The Labute approximate surface area is 164 Å². The molecule has 1 N–H and O–H groups in total. The van der Waals surface area contributed by atoms with Crippen molar-refractivity contribution in [1.29, 1.82) is 0 Å². The lowest BCUT2D eigenvalue weighted by Crippen LogP contribution is -2.48. The highest BCUT2D eigenvalue weighted by Gasteiger charge is 2.21. The molecule has 28 heavy (non-hydrogen) atoms. The molecule has 0 aliphatic carbocycles. The molecule has 2 aromatic carbocycles. The summed E-state index contributed by atoms with van der Waals surface area (Å²) in [6, 6.07) is 14.2. The predicted octanol–water partition coefficient (Wildman–Crippen LogP) is 1.92. The van der Waals surface area contributed by atoms with Crippen LogP contribution < -0.4 is 10.2 Å². The van der Waals surface area contributed by atoms with Crippen LogP contribution in [-0.2, 0) is 4.79 Å². The van der Waals surface area contributed by atoms with Gasteiger partial charge >= 0.3 is 0 Å². The van der Waals surface area contributed by atoms with Crippen molar-refractivity contribution < 1.29 is 14.4 Å². The molecule has 1 aliphatic heterocycles. The standard InChI is InChI=1S/C21H24N4O3/c1-23(2)19-9-7-18(8-10-19)22-20(27)16-3-5-17(6-4-16)21(28)25-13-11-24(15-26)12-14-25/h3-10,15H,11-14H2,1-2H3,(H,22,27). The summed E-state index contributed by atoms with van der Waals surface area (Å²) < 4.78 is 0. The molecule has 1 heterocycles. The average molecular weight is 380 g/mol. The Morgan fingerprint density at radius 3 is 2.00 bits per heavy atom. The van der Waals surface area contributed by atoms with Crippen molar-refractivity contribution in [2.24, 2.45) is 0 Å². The minimum absolute atomic E-state index is 0.0863. The lowest BCUT2D eigenvalue weighted by atomic mass is 10.1. The van der Waals surface area contributed by atoms with Gasteiger partial charge < -0.3 is 20.0 Å². The minimum Gasteiger partial charge on any atom is -0.378 e. The van der Waals surface area contributed by atoms with Crippen LogP contribution in [0.2, 0.25) is 0 Å². The zero-order chi connectivity index (χ0) is 20.1. The lowest BCUT2D eigenvalue weighted by molar-refractivity contribution is -0.119. The van der Waals surface area contributed by atoms with Crippen LogP contribution in [0, 0.1) is 0 Å². The van der Waals surface area contributed by atoms with Crippen molar-refractivity contribution >= 4 is 29.6 Å². The fourth-order valence-corrected chi connectivity index (χ4v) is 3.02. The van der Waals surface area contributed by atoms with E-state index in [1.807, 2.05) is 43.3 Å². The first kappa shape index (κ1) is 19.4. The third-order valence-electron chi connectivity index (χ3n) is 4.79. The van der Waals surface area contributed by atoms with E-state index < -0.39 is 0 Å². The van der Waals surface area contributed by atoms with E-state index in [4.69, 9.17) is 0 Å². The van der Waals surface area contributed by atoms with Crippen molar-refractivity contribution in [3.8, 4) is 0 Å². The molecule has 1 fully saturated rings. The number of rotatable bonds is 5. The van der Waals surface area contributed by atoms with E-state index in [0.29, 0.717) is 43.0 Å². The normalized spacial score (nSPS) is 13.8. The Hall–Kier alpha value is -3.35. The fourth-order valence-electron chi connectivity index (χ4n) is 3.02. The second-order valence-corrected chi connectivity index (χ2v) is 6.91. The van der Waals surface area contributed by atoms with Crippen molar-refractivity contribution in [2.45, 2.75) is 0 Å². The third kappa shape index (κ3) is 4.49. The Bertz CT molecular complexity index is 839. The summed E-state index contributed by atoms with van der Waals surface area (Å²) >= 11 is 0. The number of anilines is 2. The van der Waals surface area contributed by atoms with Gasteiger partial charge in [-0.1, -0.05) is 0 Å². The Kier molecular flexibility index (Phi) is 5.93. The zero-order valence-corrected chi connectivity index (χ0v) is 16.1. The Balaban J connectivity index is 1.61. The largest absolute Gasteiger partial charge is 0.378 e. The number of nitrogens with one attached hydrogen (secondary N) is 1. The van der Waals surface area contributed by atoms with Crippen LogP contribution in [0.15, 0.2) is 48.5 Å². The van der Waals surface area contributed by atoms with E-state index in [9.17, 15) is 14.4 Å². The monoisotopic (exact) mass is 380 g/mol. The van der Waals surface area contributed by atoms with Crippen molar-refractivity contribution in [3.05, 3.63) is 59.7 Å². The molecule has 1 saturated heterocycles. The molecule has 0 unspecified atom stereocenters. The van der Waals surface area contributed by atoms with Gasteiger partial charge in [0.25, 0.3) is 11.8 Å². The second-order valence-electron chi connectivity index (χ2n) is 6.91. The Morgan fingerprint density at radius 1 is 0.893 bits per heavy atom. The highest BCUT2D eigenvalue weighted by molar-refractivity contribution is 6.05. The first-order valence-electron chi connectivity index (χ1n) is 9.15. The minimum atomic E-state index is -0.226. The number of piperazine rings is 1. The molecule has 3 rings (SSSR count). The van der Waals surface area contributed by atoms with Crippen molar-refractivity contribution in [1.82, 2.24) is 9.80 Å². The van der Waals surface area contributed by atoms with Gasteiger partial charge in [-0.05, 0) is 48.5 Å². The fraction of sp³-hybridized carbons (Fsp3) is 0.286. The first-order valence-corrected chi connectivity index (χ1v) is 9.15. The summed E-state index contributed by atoms with van der Waals surface area (Å²) in [5, 5.41) is 2.86. The molecule has 0 atom stereocenters. The molecule has 0 saturated carbocycles.